The quantitative estimate of drug-likeness (QED) is 0.391. The van der Waals surface area contributed by atoms with E-state index in [1.165, 1.54) is 28.6 Å². The molecule has 2 N–H and O–H groups in total. The Bertz CT molecular complexity index is 1460. The highest BCUT2D eigenvalue weighted by Crippen LogP contribution is 2.49. The van der Waals surface area contributed by atoms with E-state index in [9.17, 15) is 23.2 Å². The van der Waals surface area contributed by atoms with Gasteiger partial charge in [-0.2, -0.15) is 5.10 Å². The number of anilines is 1. The molecule has 1 unspecified atom stereocenters. The minimum absolute atomic E-state index is 0.117. The average molecular weight is 518 g/mol. The number of aryl methyl sites for hydroxylation is 1. The van der Waals surface area contributed by atoms with Gasteiger partial charge >= 0.3 is 6.03 Å². The van der Waals surface area contributed by atoms with Crippen LogP contribution in [0.5, 0.6) is 0 Å². The van der Waals surface area contributed by atoms with Crippen molar-refractivity contribution in [1.29, 1.82) is 0 Å². The number of fused-ring (bicyclic) bond motifs is 5. The van der Waals surface area contributed by atoms with Crippen LogP contribution in [0, 0.1) is 12.3 Å². The van der Waals surface area contributed by atoms with Gasteiger partial charge in [0.2, 0.25) is 17.6 Å². The Kier molecular flexibility index (Phi) is 4.93. The molecular weight excluding hydrogens is 497 g/mol. The second-order valence-electron chi connectivity index (χ2n) is 9.56. The van der Waals surface area contributed by atoms with Crippen molar-refractivity contribution < 1.29 is 36.8 Å². The van der Waals surface area contributed by atoms with Crippen LogP contribution < -0.4 is 15.5 Å². The minimum Gasteiger partial charge on any atom is -0.368 e. The molecule has 3 aliphatic heterocycles. The Hall–Kier alpha value is -3.94. The summed E-state index contributed by atoms with van der Waals surface area (Å²) in [4.78, 5) is 39.8. The number of urea groups is 1. The van der Waals surface area contributed by atoms with Crippen LogP contribution in [-0.4, -0.2) is 57.3 Å². The number of aromatic nitrogens is 3. The number of morpholine rings is 1. The molecule has 5 heterocycles. The summed E-state index contributed by atoms with van der Waals surface area (Å²) in [5.74, 6) is -1.62. The maximum absolute atomic E-state index is 15.8. The van der Waals surface area contributed by atoms with E-state index >= 15 is 4.39 Å². The number of alkyl halides is 3. The van der Waals surface area contributed by atoms with Crippen molar-refractivity contribution in [1.82, 2.24) is 25.6 Å². The lowest BCUT2D eigenvalue weighted by Gasteiger charge is -2.56. The fourth-order valence-corrected chi connectivity index (χ4v) is 5.76. The number of carbonyl (C=O) groups is 3. The van der Waals surface area contributed by atoms with E-state index < -0.39 is 59.9 Å². The molecule has 0 saturated carbocycles. The highest BCUT2D eigenvalue weighted by Gasteiger charge is 2.64. The molecule has 2 fully saturated rings. The zero-order valence-electron chi connectivity index (χ0n) is 19.8. The summed E-state index contributed by atoms with van der Waals surface area (Å²) in [6, 6.07) is 2.29. The van der Waals surface area contributed by atoms with E-state index in [0.717, 1.165) is 0 Å². The first-order valence-corrected chi connectivity index (χ1v) is 11.5. The predicted octanol–water partition coefficient (Wildman–Crippen LogP) is 2.45. The molecule has 1 aromatic carbocycles. The Balaban J connectivity index is 1.57. The molecule has 4 atom stereocenters. The van der Waals surface area contributed by atoms with Gasteiger partial charge in [0.1, 0.15) is 11.8 Å². The number of nitrogens with one attached hydrogen (secondary N) is 2. The number of benzene rings is 1. The SMILES string of the molecule is Cc1cc(C(F)F)nn1-c1noc2cc3c(cc12)CC1(C(=O)NC(=O)NC1=O)[C@H]1[C@H](C)O[C@H](C)C(F)N31. The van der Waals surface area contributed by atoms with Gasteiger partial charge in [-0.15, -0.1) is 0 Å². The zero-order valence-corrected chi connectivity index (χ0v) is 19.8. The smallest absolute Gasteiger partial charge is 0.328 e. The third kappa shape index (κ3) is 3.14. The first kappa shape index (κ1) is 23.5. The predicted molar refractivity (Wildman–Crippen MR) is 120 cm³/mol. The Labute approximate surface area is 206 Å². The van der Waals surface area contributed by atoms with Crippen LogP contribution in [0.2, 0.25) is 0 Å². The van der Waals surface area contributed by atoms with Crippen LogP contribution in [0.3, 0.4) is 0 Å². The van der Waals surface area contributed by atoms with Crippen LogP contribution in [-0.2, 0) is 20.7 Å². The number of ether oxygens (including phenoxy) is 1. The molecule has 3 aliphatic rings. The lowest BCUT2D eigenvalue weighted by atomic mass is 9.66. The molecule has 14 heteroatoms. The van der Waals surface area contributed by atoms with Crippen LogP contribution in [0.15, 0.2) is 22.7 Å². The zero-order chi connectivity index (χ0) is 26.4. The lowest BCUT2D eigenvalue weighted by molar-refractivity contribution is -0.159. The second-order valence-corrected chi connectivity index (χ2v) is 9.56. The van der Waals surface area contributed by atoms with Gasteiger partial charge in [0.15, 0.2) is 17.3 Å². The van der Waals surface area contributed by atoms with Crippen molar-refractivity contribution in [3.63, 3.8) is 0 Å². The van der Waals surface area contributed by atoms with Crippen LogP contribution >= 0.6 is 0 Å². The van der Waals surface area contributed by atoms with Gasteiger partial charge in [0.05, 0.1) is 17.5 Å². The standard InChI is InChI=1S/C23H21F3N6O5/c1-8-4-13(17(24)25)29-32(8)19-12-5-11-7-23(20(33)27-22(35)28-21(23)34)16-9(2)36-10(3)18(26)31(16)14(11)6-15(12)37-30-19/h4-6,9-10,16-18H,7H2,1-3H3,(H2,27,28,33,34,35)/t9-,10+,16+,18?/m0/s1. The molecule has 0 radical (unpaired) electrons. The maximum Gasteiger partial charge on any atom is 0.328 e. The number of imide groups is 2. The summed E-state index contributed by atoms with van der Waals surface area (Å²) in [6.45, 7) is 4.75. The average Bonchev–Trinajstić information content (AvgIpc) is 3.41. The molecule has 2 saturated heterocycles. The summed E-state index contributed by atoms with van der Waals surface area (Å²) >= 11 is 0. The molecule has 2 aromatic heterocycles. The minimum atomic E-state index is -2.79. The number of hydrogen-bond donors (Lipinski definition) is 2. The van der Waals surface area contributed by atoms with Gasteiger partial charge < -0.3 is 14.2 Å². The first-order valence-electron chi connectivity index (χ1n) is 11.5. The summed E-state index contributed by atoms with van der Waals surface area (Å²) < 4.78 is 54.7. The first-order chi connectivity index (χ1) is 17.5. The van der Waals surface area contributed by atoms with Gasteiger partial charge in [-0.05, 0) is 44.9 Å². The monoisotopic (exact) mass is 518 g/mol. The number of hydrogen-bond acceptors (Lipinski definition) is 8. The Morgan fingerprint density at radius 1 is 1.11 bits per heavy atom. The van der Waals surface area contributed by atoms with Crippen molar-refractivity contribution in [3.8, 4) is 5.82 Å². The van der Waals surface area contributed by atoms with Crippen molar-refractivity contribution in [2.75, 3.05) is 4.90 Å². The van der Waals surface area contributed by atoms with Gasteiger partial charge in [0, 0.05) is 17.4 Å². The summed E-state index contributed by atoms with van der Waals surface area (Å²) in [5.41, 5.74) is -0.961. The van der Waals surface area contributed by atoms with E-state index in [-0.39, 0.29) is 17.8 Å². The molecule has 6 rings (SSSR count). The van der Waals surface area contributed by atoms with Gasteiger partial charge in [-0.3, -0.25) is 20.2 Å². The number of carbonyl (C=O) groups excluding carboxylic acids is 3. The molecule has 37 heavy (non-hydrogen) atoms. The second kappa shape index (κ2) is 7.78. The van der Waals surface area contributed by atoms with Gasteiger partial charge in [-0.25, -0.2) is 22.6 Å². The Morgan fingerprint density at radius 3 is 2.46 bits per heavy atom. The maximum atomic E-state index is 15.8. The van der Waals surface area contributed by atoms with E-state index in [4.69, 9.17) is 9.26 Å². The molecule has 0 bridgehead atoms. The molecule has 194 valence electrons. The largest absolute Gasteiger partial charge is 0.368 e. The number of nitrogens with zero attached hydrogens (tertiary/aromatic N) is 4. The highest BCUT2D eigenvalue weighted by atomic mass is 19.3. The number of barbiturate groups is 1. The summed E-state index contributed by atoms with van der Waals surface area (Å²) in [7, 11) is 0. The van der Waals surface area contributed by atoms with Crippen molar-refractivity contribution in [3.05, 3.63) is 35.2 Å². The summed E-state index contributed by atoms with van der Waals surface area (Å²) in [6.07, 6.45) is -6.38. The normalized spacial score (nSPS) is 26.9. The fraction of sp³-hybridized carbons (Fsp3) is 0.435. The van der Waals surface area contributed by atoms with E-state index in [0.29, 0.717) is 22.3 Å². The molecule has 0 aliphatic carbocycles. The van der Waals surface area contributed by atoms with Gasteiger partial charge in [-0.1, -0.05) is 5.16 Å². The molecule has 3 aromatic rings. The molecule has 11 nitrogen and oxygen atoms in total. The lowest BCUT2D eigenvalue weighted by Crippen LogP contribution is -2.76. The van der Waals surface area contributed by atoms with Crippen molar-refractivity contribution in [2.45, 2.75) is 58.2 Å². The van der Waals surface area contributed by atoms with Crippen molar-refractivity contribution >= 4 is 34.5 Å². The molecule has 1 spiro atoms. The number of rotatable bonds is 2. The molecule has 4 amide bonds. The highest BCUT2D eigenvalue weighted by molar-refractivity contribution is 6.20. The van der Waals surface area contributed by atoms with E-state index in [1.807, 2.05) is 0 Å². The fourth-order valence-electron chi connectivity index (χ4n) is 5.76. The third-order valence-corrected chi connectivity index (χ3v) is 7.33. The number of amides is 4. The van der Waals surface area contributed by atoms with Gasteiger partial charge in [0.25, 0.3) is 6.43 Å². The Morgan fingerprint density at radius 2 is 1.81 bits per heavy atom. The van der Waals surface area contributed by atoms with Crippen LogP contribution in [0.1, 0.15) is 37.2 Å². The molecular formula is C23H21F3N6O5. The van der Waals surface area contributed by atoms with Crippen LogP contribution in [0.25, 0.3) is 16.8 Å². The van der Waals surface area contributed by atoms with Crippen molar-refractivity contribution in [2.24, 2.45) is 5.41 Å². The topological polar surface area (TPSA) is 132 Å². The number of halogens is 3. The van der Waals surface area contributed by atoms with E-state index in [2.05, 4.69) is 20.9 Å². The van der Waals surface area contributed by atoms with E-state index in [1.54, 1.807) is 19.9 Å². The summed E-state index contributed by atoms with van der Waals surface area (Å²) in [5, 5.41) is 12.6. The van der Waals surface area contributed by atoms with Crippen LogP contribution in [0.4, 0.5) is 23.7 Å². The third-order valence-electron chi connectivity index (χ3n) is 7.33.